The average Bonchev–Trinajstić information content (AvgIpc) is 3.38. The summed E-state index contributed by atoms with van der Waals surface area (Å²) in [5, 5.41) is 3.84. The lowest BCUT2D eigenvalue weighted by Gasteiger charge is -2.23. The average molecular weight is 580 g/mol. The fourth-order valence-corrected chi connectivity index (χ4v) is 3.40. The van der Waals surface area contributed by atoms with Crippen LogP contribution in [0.15, 0.2) is 42.6 Å². The van der Waals surface area contributed by atoms with E-state index in [0.29, 0.717) is 18.8 Å². The molecule has 1 N–H and O–H groups in total. The molecule has 0 aliphatic carbocycles. The minimum absolute atomic E-state index is 0.406. The van der Waals surface area contributed by atoms with Crippen molar-refractivity contribution in [3.63, 3.8) is 0 Å². The van der Waals surface area contributed by atoms with Gasteiger partial charge in [-0.05, 0) is 45.3 Å². The van der Waals surface area contributed by atoms with Gasteiger partial charge in [0.25, 0.3) is 0 Å². The Bertz CT molecular complexity index is 933. The summed E-state index contributed by atoms with van der Waals surface area (Å²) in [7, 11) is 7.46. The third kappa shape index (κ3) is 19.4. The van der Waals surface area contributed by atoms with Gasteiger partial charge in [0.1, 0.15) is 24.1 Å². The summed E-state index contributed by atoms with van der Waals surface area (Å²) in [6.45, 7) is 11.6. The summed E-state index contributed by atoms with van der Waals surface area (Å²) < 4.78 is 6.70. The minimum atomic E-state index is 0.406. The number of hydrogen-bond donors (Lipinski definition) is 1. The van der Waals surface area contributed by atoms with E-state index in [2.05, 4.69) is 35.2 Å². The Morgan fingerprint density at radius 1 is 1.15 bits per heavy atom. The summed E-state index contributed by atoms with van der Waals surface area (Å²) in [5.41, 5.74) is 1.95. The Hall–Kier alpha value is -2.69. The number of nitrogens with zero attached hydrogens (tertiary/aromatic N) is 4. The third-order valence-corrected chi connectivity index (χ3v) is 5.63. The van der Waals surface area contributed by atoms with Gasteiger partial charge in [0.05, 0.1) is 25.9 Å². The molecule has 9 nitrogen and oxygen atoms in total. The molecule has 0 spiro atoms. The number of carbonyl (C=O) groups is 3. The summed E-state index contributed by atoms with van der Waals surface area (Å²) in [4.78, 5) is 38.4. The number of imidazole rings is 1. The van der Waals surface area contributed by atoms with Gasteiger partial charge < -0.3 is 19.4 Å². The molecule has 1 aromatic heterocycles. The number of benzene rings is 1. The summed E-state index contributed by atoms with van der Waals surface area (Å²) in [6.07, 6.45) is 9.41. The molecule has 0 saturated heterocycles. The molecule has 0 fully saturated rings. The predicted octanol–water partition coefficient (Wildman–Crippen LogP) is 4.18. The van der Waals surface area contributed by atoms with Crippen LogP contribution in [0.1, 0.15) is 49.1 Å². The topological polar surface area (TPSA) is 96.8 Å². The zero-order valence-corrected chi connectivity index (χ0v) is 26.2. The van der Waals surface area contributed by atoms with Crippen LogP contribution >= 0.6 is 11.6 Å². The van der Waals surface area contributed by atoms with Crippen molar-refractivity contribution in [1.82, 2.24) is 24.7 Å². The van der Waals surface area contributed by atoms with Gasteiger partial charge in [-0.1, -0.05) is 63.1 Å². The zero-order valence-electron chi connectivity index (χ0n) is 25.4. The maximum atomic E-state index is 10.5. The number of halogens is 1. The fourth-order valence-electron chi connectivity index (χ4n) is 3.17. The Balaban J connectivity index is 0. The molecule has 0 bridgehead atoms. The number of aldehydes is 3. The fraction of sp³-hybridized carbons (Fsp3) is 0.533. The van der Waals surface area contributed by atoms with Gasteiger partial charge >= 0.3 is 0 Å². The lowest BCUT2D eigenvalue weighted by Crippen LogP contribution is -2.31. The van der Waals surface area contributed by atoms with E-state index >= 15 is 0 Å². The smallest absolute Gasteiger partial charge is 0.168 e. The molecule has 1 aromatic carbocycles. The molecule has 1 aliphatic heterocycles. The summed E-state index contributed by atoms with van der Waals surface area (Å²) in [6, 6.07) is 8.00. The number of aryl methyl sites for hydroxylation is 1. The standard InChI is InChI=1S/C9H11Cl.C8H11N3O.C7H11NO2.C4H11NO.C2H6/c1-2-5-8-6-3-4-7-9(8)10;1-10-2-3-11-7(6-12)4-9-8(11)5-10;1-8(5-7-10)4-2-3-6-9;1-5-3-4-6-2;1-2/h3-4,6-7H,2,5H2,1H3;4,6H,2-3,5H2,1H3;2-3,6-7H,4-5H2,1H3;5H,3-4H2,1-2H3;1-2H3/b;;3-2+;;. The molecule has 0 radical (unpaired) electrons. The van der Waals surface area contributed by atoms with E-state index < -0.39 is 0 Å². The molecular weight excluding hydrogens is 530 g/mol. The van der Waals surface area contributed by atoms with E-state index in [1.54, 1.807) is 24.3 Å². The number of nitrogens with one attached hydrogen (secondary N) is 1. The number of allylic oxidation sites excluding steroid dienone is 1. The third-order valence-electron chi connectivity index (χ3n) is 5.26. The quantitative estimate of drug-likeness (QED) is 0.240. The van der Waals surface area contributed by atoms with E-state index in [1.165, 1.54) is 11.6 Å². The highest BCUT2D eigenvalue weighted by Gasteiger charge is 2.16. The number of rotatable bonds is 11. The van der Waals surface area contributed by atoms with Crippen LogP contribution in [-0.2, 0) is 33.8 Å². The van der Waals surface area contributed by atoms with Crippen molar-refractivity contribution in [2.45, 2.75) is 46.7 Å². The van der Waals surface area contributed by atoms with Crippen molar-refractivity contribution in [3.05, 3.63) is 64.7 Å². The highest BCUT2D eigenvalue weighted by Crippen LogP contribution is 2.16. The number of ether oxygens (including phenoxy) is 1. The van der Waals surface area contributed by atoms with E-state index in [9.17, 15) is 14.4 Å². The Kier molecular flexibility index (Phi) is 27.5. The first-order valence-electron chi connectivity index (χ1n) is 13.7. The second kappa shape index (κ2) is 27.9. The van der Waals surface area contributed by atoms with E-state index in [-0.39, 0.29) is 0 Å². The Morgan fingerprint density at radius 2 is 1.85 bits per heavy atom. The molecule has 226 valence electrons. The largest absolute Gasteiger partial charge is 0.383 e. The Morgan fingerprint density at radius 3 is 2.38 bits per heavy atom. The molecule has 2 heterocycles. The molecule has 0 saturated carbocycles. The molecular formula is C30H50ClN5O4. The molecule has 0 unspecified atom stereocenters. The highest BCUT2D eigenvalue weighted by atomic mass is 35.5. The van der Waals surface area contributed by atoms with Crippen molar-refractivity contribution >= 4 is 30.5 Å². The molecule has 40 heavy (non-hydrogen) atoms. The van der Waals surface area contributed by atoms with Crippen LogP contribution in [0.2, 0.25) is 5.02 Å². The number of methoxy groups -OCH3 is 1. The number of carbonyl (C=O) groups excluding carboxylic acids is 3. The number of hydrogen-bond acceptors (Lipinski definition) is 8. The molecule has 3 rings (SSSR count). The van der Waals surface area contributed by atoms with Crippen LogP contribution in [0.3, 0.4) is 0 Å². The monoisotopic (exact) mass is 579 g/mol. The van der Waals surface area contributed by atoms with Crippen molar-refractivity contribution in [2.24, 2.45) is 0 Å². The maximum Gasteiger partial charge on any atom is 0.168 e. The first-order valence-corrected chi connectivity index (χ1v) is 14.0. The normalized spacial score (nSPS) is 11.8. The number of likely N-dealkylation sites (N-methyl/N-ethyl adjacent to an activating group) is 3. The predicted molar refractivity (Wildman–Crippen MR) is 165 cm³/mol. The SMILES string of the molecule is CC.CCCc1ccccc1Cl.CN(CC=O)C/C=C/C=O.CN1CCn2c(C=O)cnc2C1.CNCCOC. The lowest BCUT2D eigenvalue weighted by atomic mass is 10.1. The molecule has 1 aliphatic rings. The number of aromatic nitrogens is 2. The van der Waals surface area contributed by atoms with Crippen LogP contribution in [0, 0.1) is 0 Å². The highest BCUT2D eigenvalue weighted by molar-refractivity contribution is 6.31. The first kappa shape index (κ1) is 39.5. The van der Waals surface area contributed by atoms with Crippen molar-refractivity contribution in [2.75, 3.05) is 61.0 Å². The minimum Gasteiger partial charge on any atom is -0.383 e. The van der Waals surface area contributed by atoms with Crippen molar-refractivity contribution in [1.29, 1.82) is 0 Å². The van der Waals surface area contributed by atoms with Crippen LogP contribution in [0.5, 0.6) is 0 Å². The van der Waals surface area contributed by atoms with Gasteiger partial charge in [-0.25, -0.2) is 4.98 Å². The van der Waals surface area contributed by atoms with Gasteiger partial charge in [0.2, 0.25) is 0 Å². The maximum absolute atomic E-state index is 10.5. The number of fused-ring (bicyclic) bond motifs is 1. The summed E-state index contributed by atoms with van der Waals surface area (Å²) in [5.74, 6) is 0.992. The Labute approximate surface area is 246 Å². The van der Waals surface area contributed by atoms with Crippen molar-refractivity contribution in [3.8, 4) is 0 Å². The second-order valence-electron chi connectivity index (χ2n) is 8.50. The van der Waals surface area contributed by atoms with E-state index in [0.717, 1.165) is 75.3 Å². The summed E-state index contributed by atoms with van der Waals surface area (Å²) >= 11 is 5.90. The molecule has 2 aromatic rings. The van der Waals surface area contributed by atoms with Gasteiger partial charge in [0, 0.05) is 38.3 Å². The van der Waals surface area contributed by atoms with Crippen LogP contribution in [0.25, 0.3) is 0 Å². The first-order chi connectivity index (χ1) is 19.4. The second-order valence-corrected chi connectivity index (χ2v) is 8.90. The van der Waals surface area contributed by atoms with Gasteiger partial charge in [0.15, 0.2) is 6.29 Å². The van der Waals surface area contributed by atoms with Crippen molar-refractivity contribution < 1.29 is 19.1 Å². The van der Waals surface area contributed by atoms with Crippen LogP contribution < -0.4 is 5.32 Å². The molecule has 0 amide bonds. The van der Waals surface area contributed by atoms with E-state index in [1.807, 2.05) is 50.7 Å². The van der Waals surface area contributed by atoms with Gasteiger partial charge in [-0.3, -0.25) is 19.4 Å². The van der Waals surface area contributed by atoms with Gasteiger partial charge in [-0.2, -0.15) is 0 Å². The lowest BCUT2D eigenvalue weighted by molar-refractivity contribution is -0.108. The van der Waals surface area contributed by atoms with Crippen LogP contribution in [-0.4, -0.2) is 99.2 Å². The van der Waals surface area contributed by atoms with Gasteiger partial charge in [-0.15, -0.1) is 0 Å². The van der Waals surface area contributed by atoms with Crippen LogP contribution in [0.4, 0.5) is 0 Å². The zero-order chi connectivity index (χ0) is 30.6. The van der Waals surface area contributed by atoms with E-state index in [4.69, 9.17) is 16.3 Å². The molecule has 0 atom stereocenters. The molecule has 10 heteroatoms.